The first-order valence-electron chi connectivity index (χ1n) is 10.8. The minimum absolute atomic E-state index is 0.776. The Kier molecular flexibility index (Phi) is 6.16. The number of rotatable bonds is 7. The summed E-state index contributed by atoms with van der Waals surface area (Å²) in [6.45, 7) is 2.23. The van der Waals surface area contributed by atoms with Crippen molar-refractivity contribution in [3.05, 3.63) is 72.1 Å². The molecule has 28 heavy (non-hydrogen) atoms. The molecule has 0 N–H and O–H groups in total. The maximum Gasteiger partial charge on any atom is 0.159 e. The summed E-state index contributed by atoms with van der Waals surface area (Å²) in [5.74, 6) is 1.58. The van der Waals surface area contributed by atoms with Gasteiger partial charge in [0.2, 0.25) is 0 Å². The summed E-state index contributed by atoms with van der Waals surface area (Å²) in [7, 11) is 0. The van der Waals surface area contributed by atoms with Crippen LogP contribution in [0.25, 0.3) is 22.5 Å². The molecule has 0 spiro atoms. The van der Waals surface area contributed by atoms with E-state index in [4.69, 9.17) is 0 Å². The normalized spacial score (nSPS) is 14.5. The van der Waals surface area contributed by atoms with E-state index in [0.717, 1.165) is 23.7 Å². The quantitative estimate of drug-likeness (QED) is 0.411. The van der Waals surface area contributed by atoms with Crippen LogP contribution < -0.4 is 0 Å². The highest BCUT2D eigenvalue weighted by molar-refractivity contribution is 5.68. The van der Waals surface area contributed by atoms with Crippen LogP contribution in [0.2, 0.25) is 0 Å². The fourth-order valence-corrected chi connectivity index (χ4v) is 4.23. The van der Waals surface area contributed by atoms with E-state index >= 15 is 0 Å². The van der Waals surface area contributed by atoms with E-state index in [0.29, 0.717) is 0 Å². The van der Waals surface area contributed by atoms with Gasteiger partial charge in [0.1, 0.15) is 0 Å². The summed E-state index contributed by atoms with van der Waals surface area (Å²) in [5.41, 5.74) is 6.34. The molecule has 1 fully saturated rings. The number of nitrogens with zero attached hydrogens (tertiary/aromatic N) is 2. The number of hydrogen-bond donors (Lipinski definition) is 0. The highest BCUT2D eigenvalue weighted by atomic mass is 14.9. The zero-order chi connectivity index (χ0) is 19.2. The molecule has 1 aromatic heterocycles. The van der Waals surface area contributed by atoms with E-state index in [1.165, 1.54) is 67.2 Å². The van der Waals surface area contributed by atoms with Crippen LogP contribution in [-0.4, -0.2) is 9.97 Å². The van der Waals surface area contributed by atoms with Gasteiger partial charge in [-0.15, -0.1) is 0 Å². The van der Waals surface area contributed by atoms with Gasteiger partial charge in [-0.1, -0.05) is 81.1 Å². The standard InChI is InChI=1S/C26H30N2/c1-2-3-4-7-20-18-27-26(28-19-20)25-16-14-24(15-17-25)23-12-10-22(11-13-23)21-8-5-6-9-21/h10-19,21H,2-9H2,1H3. The molecule has 0 saturated heterocycles. The lowest BCUT2D eigenvalue weighted by atomic mass is 9.95. The van der Waals surface area contributed by atoms with Crippen LogP contribution in [0.1, 0.15) is 68.9 Å². The Hall–Kier alpha value is -2.48. The van der Waals surface area contributed by atoms with Crippen LogP contribution in [0, 0.1) is 0 Å². The maximum absolute atomic E-state index is 4.57. The molecule has 2 heteroatoms. The van der Waals surface area contributed by atoms with Crippen LogP contribution in [0.5, 0.6) is 0 Å². The summed E-state index contributed by atoms with van der Waals surface area (Å²) in [6.07, 6.45) is 14.2. The van der Waals surface area contributed by atoms with E-state index < -0.39 is 0 Å². The molecule has 0 atom stereocenters. The Labute approximate surface area is 169 Å². The molecule has 0 amide bonds. The molecule has 1 aliphatic carbocycles. The zero-order valence-corrected chi connectivity index (χ0v) is 16.9. The van der Waals surface area contributed by atoms with Crippen molar-refractivity contribution in [1.82, 2.24) is 9.97 Å². The second-order valence-corrected chi connectivity index (χ2v) is 8.05. The van der Waals surface area contributed by atoms with Gasteiger partial charge >= 0.3 is 0 Å². The Morgan fingerprint density at radius 3 is 1.93 bits per heavy atom. The van der Waals surface area contributed by atoms with Crippen LogP contribution >= 0.6 is 0 Å². The molecule has 4 rings (SSSR count). The average molecular weight is 371 g/mol. The molecule has 2 aromatic carbocycles. The fraction of sp³-hybridized carbons (Fsp3) is 0.385. The van der Waals surface area contributed by atoms with E-state index in [9.17, 15) is 0 Å². The van der Waals surface area contributed by atoms with Crippen molar-refractivity contribution in [2.75, 3.05) is 0 Å². The second kappa shape index (κ2) is 9.14. The lowest BCUT2D eigenvalue weighted by Crippen LogP contribution is -1.93. The molecule has 0 bridgehead atoms. The highest BCUT2D eigenvalue weighted by Gasteiger charge is 2.16. The summed E-state index contributed by atoms with van der Waals surface area (Å²) in [6, 6.07) is 17.8. The summed E-state index contributed by atoms with van der Waals surface area (Å²) in [5, 5.41) is 0. The van der Waals surface area contributed by atoms with Crippen LogP contribution in [0.15, 0.2) is 60.9 Å². The Morgan fingerprint density at radius 1 is 0.750 bits per heavy atom. The molecular weight excluding hydrogens is 340 g/mol. The van der Waals surface area contributed by atoms with E-state index in [1.807, 2.05) is 12.4 Å². The molecule has 1 heterocycles. The van der Waals surface area contributed by atoms with Gasteiger partial charge in [-0.05, 0) is 53.9 Å². The summed E-state index contributed by atoms with van der Waals surface area (Å²) >= 11 is 0. The zero-order valence-electron chi connectivity index (χ0n) is 16.9. The van der Waals surface area contributed by atoms with E-state index in [2.05, 4.69) is 65.4 Å². The summed E-state index contributed by atoms with van der Waals surface area (Å²) in [4.78, 5) is 9.15. The van der Waals surface area contributed by atoms with E-state index in [1.54, 1.807) is 0 Å². The van der Waals surface area contributed by atoms with Gasteiger partial charge in [0.05, 0.1) is 0 Å². The molecule has 2 nitrogen and oxygen atoms in total. The maximum atomic E-state index is 4.57. The van der Waals surface area contributed by atoms with Crippen molar-refractivity contribution in [3.8, 4) is 22.5 Å². The minimum atomic E-state index is 0.776. The number of aromatic nitrogens is 2. The molecule has 0 unspecified atom stereocenters. The first-order valence-corrected chi connectivity index (χ1v) is 10.8. The average Bonchev–Trinajstić information content (AvgIpc) is 3.30. The predicted octanol–water partition coefficient (Wildman–Crippen LogP) is 7.20. The van der Waals surface area contributed by atoms with Crippen LogP contribution in [0.4, 0.5) is 0 Å². The molecular formula is C26H30N2. The Morgan fingerprint density at radius 2 is 1.32 bits per heavy atom. The van der Waals surface area contributed by atoms with Crippen molar-refractivity contribution in [2.24, 2.45) is 0 Å². The van der Waals surface area contributed by atoms with E-state index in [-0.39, 0.29) is 0 Å². The first-order chi connectivity index (χ1) is 13.8. The van der Waals surface area contributed by atoms with Gasteiger partial charge in [0, 0.05) is 18.0 Å². The minimum Gasteiger partial charge on any atom is -0.236 e. The predicted molar refractivity (Wildman–Crippen MR) is 117 cm³/mol. The molecule has 0 aliphatic heterocycles. The Bertz CT molecular complexity index is 858. The van der Waals surface area contributed by atoms with Crippen molar-refractivity contribution < 1.29 is 0 Å². The van der Waals surface area contributed by atoms with Gasteiger partial charge in [0.15, 0.2) is 5.82 Å². The third kappa shape index (κ3) is 4.49. The van der Waals surface area contributed by atoms with Crippen LogP contribution in [-0.2, 0) is 6.42 Å². The van der Waals surface area contributed by atoms with Gasteiger partial charge in [-0.2, -0.15) is 0 Å². The molecule has 144 valence electrons. The number of benzene rings is 2. The molecule has 0 radical (unpaired) electrons. The molecule has 1 saturated carbocycles. The van der Waals surface area contributed by atoms with Gasteiger partial charge in [-0.3, -0.25) is 0 Å². The number of aryl methyl sites for hydroxylation is 1. The van der Waals surface area contributed by atoms with Crippen molar-refractivity contribution in [1.29, 1.82) is 0 Å². The monoisotopic (exact) mass is 370 g/mol. The highest BCUT2D eigenvalue weighted by Crippen LogP contribution is 2.35. The van der Waals surface area contributed by atoms with Crippen molar-refractivity contribution >= 4 is 0 Å². The third-order valence-electron chi connectivity index (χ3n) is 5.99. The summed E-state index contributed by atoms with van der Waals surface area (Å²) < 4.78 is 0. The smallest absolute Gasteiger partial charge is 0.159 e. The lowest BCUT2D eigenvalue weighted by Gasteiger charge is -2.10. The second-order valence-electron chi connectivity index (χ2n) is 8.05. The Balaban J connectivity index is 1.43. The molecule has 3 aromatic rings. The number of unbranched alkanes of at least 4 members (excludes halogenated alkanes) is 2. The van der Waals surface area contributed by atoms with Gasteiger partial charge in [-0.25, -0.2) is 9.97 Å². The van der Waals surface area contributed by atoms with Crippen molar-refractivity contribution in [2.45, 2.75) is 64.2 Å². The topological polar surface area (TPSA) is 25.8 Å². The number of hydrogen-bond acceptors (Lipinski definition) is 2. The van der Waals surface area contributed by atoms with Crippen LogP contribution in [0.3, 0.4) is 0 Å². The lowest BCUT2D eigenvalue weighted by molar-refractivity contribution is 0.714. The van der Waals surface area contributed by atoms with Gasteiger partial charge < -0.3 is 0 Å². The largest absolute Gasteiger partial charge is 0.236 e. The first kappa shape index (κ1) is 18.9. The molecule has 1 aliphatic rings. The SMILES string of the molecule is CCCCCc1cnc(-c2ccc(-c3ccc(C4CCCC4)cc3)cc2)nc1. The van der Waals surface area contributed by atoms with Gasteiger partial charge in [0.25, 0.3) is 0 Å². The fourth-order valence-electron chi connectivity index (χ4n) is 4.23. The van der Waals surface area contributed by atoms with Crippen molar-refractivity contribution in [3.63, 3.8) is 0 Å². The third-order valence-corrected chi connectivity index (χ3v) is 5.99.